The summed E-state index contributed by atoms with van der Waals surface area (Å²) in [7, 11) is 1.62. The number of hydrogen-bond donors (Lipinski definition) is 2. The number of aromatic nitrogens is 1. The highest BCUT2D eigenvalue weighted by molar-refractivity contribution is 6.22. The molecule has 3 aromatic carbocycles. The minimum Gasteiger partial charge on any atom is -0.497 e. The molecule has 8 nitrogen and oxygen atoms in total. The van der Waals surface area contributed by atoms with E-state index in [0.29, 0.717) is 30.0 Å². The number of para-hydroxylation sites is 1. The third-order valence-electron chi connectivity index (χ3n) is 8.99. The maximum atomic E-state index is 14.1. The molecule has 0 unspecified atom stereocenters. The van der Waals surface area contributed by atoms with Gasteiger partial charge in [0.25, 0.3) is 11.8 Å². The lowest BCUT2D eigenvalue weighted by molar-refractivity contribution is -0.120. The molecule has 0 spiro atoms. The van der Waals surface area contributed by atoms with Crippen LogP contribution in [0.3, 0.4) is 0 Å². The predicted octanol–water partition coefficient (Wildman–Crippen LogP) is 6.28. The van der Waals surface area contributed by atoms with E-state index in [-0.39, 0.29) is 17.8 Å². The molecule has 2 N–H and O–H groups in total. The summed E-state index contributed by atoms with van der Waals surface area (Å²) in [4.78, 5) is 47.4. The third kappa shape index (κ3) is 4.76. The summed E-state index contributed by atoms with van der Waals surface area (Å²) in [6.07, 6.45) is 8.28. The molecule has 43 heavy (non-hydrogen) atoms. The lowest BCUT2D eigenvalue weighted by Gasteiger charge is -2.36. The van der Waals surface area contributed by atoms with E-state index in [1.165, 1.54) is 23.3 Å². The Bertz CT molecular complexity index is 1740. The molecule has 4 aromatic rings. The van der Waals surface area contributed by atoms with Crippen LogP contribution in [-0.4, -0.2) is 47.4 Å². The summed E-state index contributed by atoms with van der Waals surface area (Å²) < 4.78 is 5.37. The number of carbonyl (C=O) groups excluding carboxylic acids is 3. The number of fused-ring (bicyclic) bond motifs is 4. The van der Waals surface area contributed by atoms with Crippen molar-refractivity contribution in [2.75, 3.05) is 18.6 Å². The monoisotopic (exact) mass is 574 g/mol. The lowest BCUT2D eigenvalue weighted by atomic mass is 9.89. The molecular formula is C35H34N4O4. The Morgan fingerprint density at radius 3 is 2.53 bits per heavy atom. The lowest BCUT2D eigenvalue weighted by Crippen LogP contribution is -2.44. The van der Waals surface area contributed by atoms with E-state index in [2.05, 4.69) is 22.4 Å². The minimum absolute atomic E-state index is 0.163. The van der Waals surface area contributed by atoms with Crippen molar-refractivity contribution < 1.29 is 19.1 Å². The molecule has 0 bridgehead atoms. The number of carbonyl (C=O) groups is 3. The second kappa shape index (κ2) is 11.1. The van der Waals surface area contributed by atoms with E-state index in [0.717, 1.165) is 47.0 Å². The fourth-order valence-corrected chi connectivity index (χ4v) is 6.78. The maximum Gasteiger partial charge on any atom is 0.332 e. The van der Waals surface area contributed by atoms with Crippen LogP contribution in [0.25, 0.3) is 10.9 Å². The molecule has 0 radical (unpaired) electrons. The maximum absolute atomic E-state index is 14.1. The first kappa shape index (κ1) is 27.0. The molecule has 1 aliphatic carbocycles. The average Bonchev–Trinajstić information content (AvgIpc) is 3.54. The zero-order valence-electron chi connectivity index (χ0n) is 24.1. The number of rotatable bonds is 7. The number of benzene rings is 3. The van der Waals surface area contributed by atoms with Gasteiger partial charge in [-0.1, -0.05) is 42.0 Å². The number of urea groups is 1. The number of H-pyrrole nitrogens is 1. The van der Waals surface area contributed by atoms with Crippen LogP contribution in [0, 0.1) is 0 Å². The Hall–Kier alpha value is -4.85. The number of nitrogens with zero attached hydrogens (tertiary/aromatic N) is 2. The van der Waals surface area contributed by atoms with Crippen LogP contribution in [0.15, 0.2) is 84.4 Å². The highest BCUT2D eigenvalue weighted by atomic mass is 16.5. The zero-order valence-corrected chi connectivity index (χ0v) is 24.1. The van der Waals surface area contributed by atoms with E-state index in [4.69, 9.17) is 4.74 Å². The van der Waals surface area contributed by atoms with Crippen molar-refractivity contribution in [3.63, 3.8) is 0 Å². The highest BCUT2D eigenvalue weighted by Gasteiger charge is 2.53. The third-order valence-corrected chi connectivity index (χ3v) is 8.99. The number of hydrogen-bond acceptors (Lipinski definition) is 4. The molecule has 1 aromatic heterocycles. The number of allylic oxidation sites excluding steroid dienone is 1. The van der Waals surface area contributed by atoms with E-state index in [1.807, 2.05) is 42.5 Å². The number of methoxy groups -OCH3 is 1. The van der Waals surface area contributed by atoms with Gasteiger partial charge in [0.15, 0.2) is 0 Å². The summed E-state index contributed by atoms with van der Waals surface area (Å²) >= 11 is 0. The predicted molar refractivity (Wildman–Crippen MR) is 165 cm³/mol. The van der Waals surface area contributed by atoms with Crippen molar-refractivity contribution in [2.24, 2.45) is 0 Å². The van der Waals surface area contributed by atoms with Gasteiger partial charge in [0.2, 0.25) is 0 Å². The topological polar surface area (TPSA) is 94.7 Å². The van der Waals surface area contributed by atoms with Crippen LogP contribution in [0.4, 0.5) is 10.5 Å². The molecule has 3 aliphatic rings. The van der Waals surface area contributed by atoms with Gasteiger partial charge in [-0.25, -0.2) is 9.69 Å². The van der Waals surface area contributed by atoms with Gasteiger partial charge < -0.3 is 15.0 Å². The Morgan fingerprint density at radius 1 is 1.00 bits per heavy atom. The van der Waals surface area contributed by atoms with Gasteiger partial charge >= 0.3 is 6.03 Å². The fraction of sp³-hybridized carbons (Fsp3) is 0.286. The first-order valence-corrected chi connectivity index (χ1v) is 15.0. The minimum atomic E-state index is -0.650. The Balaban J connectivity index is 1.16. The molecule has 1 saturated heterocycles. The smallest absolute Gasteiger partial charge is 0.332 e. The number of anilines is 1. The van der Waals surface area contributed by atoms with Crippen LogP contribution < -0.4 is 15.0 Å². The molecule has 8 heteroatoms. The van der Waals surface area contributed by atoms with Crippen molar-refractivity contribution in [1.29, 1.82) is 0 Å². The van der Waals surface area contributed by atoms with Gasteiger partial charge in [0, 0.05) is 35.1 Å². The molecule has 4 amide bonds. The summed E-state index contributed by atoms with van der Waals surface area (Å²) in [5.74, 6) is 0.287. The van der Waals surface area contributed by atoms with Crippen LogP contribution in [0.5, 0.6) is 5.75 Å². The summed E-state index contributed by atoms with van der Waals surface area (Å²) in [5, 5.41) is 4.06. The van der Waals surface area contributed by atoms with E-state index >= 15 is 0 Å². The first-order valence-electron chi connectivity index (χ1n) is 15.0. The highest BCUT2D eigenvalue weighted by Crippen LogP contribution is 2.45. The van der Waals surface area contributed by atoms with Crippen LogP contribution in [0.1, 0.15) is 65.3 Å². The number of aromatic amines is 1. The Morgan fingerprint density at radius 2 is 1.79 bits per heavy atom. The Labute approximate surface area is 250 Å². The van der Waals surface area contributed by atoms with Gasteiger partial charge in [0.05, 0.1) is 12.8 Å². The second-order valence-corrected chi connectivity index (χ2v) is 11.5. The second-order valence-electron chi connectivity index (χ2n) is 11.5. The number of amides is 4. The van der Waals surface area contributed by atoms with Crippen LogP contribution in [-0.2, 0) is 11.2 Å². The van der Waals surface area contributed by atoms with Gasteiger partial charge in [-0.05, 0) is 85.7 Å². The largest absolute Gasteiger partial charge is 0.497 e. The standard InChI is InChI=1S/C35H34N4O4/c1-43-26-17-13-23(14-18-26)32-31-28(27-9-5-6-10-29(27)37-31)21-30-34(41)38(35(42)39(30)32)25-15-11-24(12-16-25)33(40)36-20-19-22-7-3-2-4-8-22/h5-7,9-18,30,32,37H,2-4,8,19-21H2,1H3,(H,36,40)/t30-,32-/m0/s1. The number of nitrogens with one attached hydrogen (secondary N) is 2. The summed E-state index contributed by atoms with van der Waals surface area (Å²) in [6.45, 7) is 0.591. The summed E-state index contributed by atoms with van der Waals surface area (Å²) in [5.41, 5.74) is 6.20. The van der Waals surface area contributed by atoms with Crippen LogP contribution in [0.2, 0.25) is 0 Å². The number of ether oxygens (including phenoxy) is 1. The van der Waals surface area contributed by atoms with Gasteiger partial charge in [0.1, 0.15) is 17.8 Å². The van der Waals surface area contributed by atoms with E-state index < -0.39 is 12.1 Å². The SMILES string of the molecule is COc1ccc([C@H]2c3[nH]c4ccccc4c3C[C@H]3C(=O)N(c4ccc(C(=O)NCCC5=CCCCC5)cc4)C(=O)N23)cc1. The number of imide groups is 1. The molecule has 7 rings (SSSR count). The molecule has 1 fully saturated rings. The zero-order chi connectivity index (χ0) is 29.5. The van der Waals surface area contributed by atoms with Crippen molar-refractivity contribution in [3.8, 4) is 5.75 Å². The molecule has 2 atom stereocenters. The first-order chi connectivity index (χ1) is 21.0. The molecule has 0 saturated carbocycles. The van der Waals surface area contributed by atoms with Crippen molar-refractivity contribution >= 4 is 34.4 Å². The van der Waals surface area contributed by atoms with Crippen molar-refractivity contribution in [1.82, 2.24) is 15.2 Å². The van der Waals surface area contributed by atoms with Crippen molar-refractivity contribution in [3.05, 3.63) is 107 Å². The quantitative estimate of drug-likeness (QED) is 0.201. The van der Waals surface area contributed by atoms with E-state index in [9.17, 15) is 14.4 Å². The normalized spacial score (nSPS) is 19.7. The van der Waals surface area contributed by atoms with Crippen LogP contribution >= 0.6 is 0 Å². The molecular weight excluding hydrogens is 540 g/mol. The van der Waals surface area contributed by atoms with Crippen molar-refractivity contribution in [2.45, 2.75) is 50.6 Å². The average molecular weight is 575 g/mol. The summed E-state index contributed by atoms with van der Waals surface area (Å²) in [6, 6.07) is 20.9. The molecule has 2 aliphatic heterocycles. The van der Waals surface area contributed by atoms with Gasteiger partial charge in [-0.15, -0.1) is 0 Å². The fourth-order valence-electron chi connectivity index (χ4n) is 6.78. The Kier molecular flexibility index (Phi) is 6.97. The van der Waals surface area contributed by atoms with E-state index in [1.54, 1.807) is 36.3 Å². The molecule has 3 heterocycles. The van der Waals surface area contributed by atoms with Gasteiger partial charge in [-0.2, -0.15) is 0 Å². The van der Waals surface area contributed by atoms with Gasteiger partial charge in [-0.3, -0.25) is 14.5 Å². The molecule has 218 valence electrons.